The molecule has 0 bridgehead atoms. The highest BCUT2D eigenvalue weighted by molar-refractivity contribution is 5.73. The summed E-state index contributed by atoms with van der Waals surface area (Å²) in [5.74, 6) is 1.03. The van der Waals surface area contributed by atoms with Crippen molar-refractivity contribution in [1.29, 1.82) is 0 Å². The van der Waals surface area contributed by atoms with Gasteiger partial charge in [0.05, 0.1) is 5.69 Å². The molecular weight excluding hydrogens is 228 g/mol. The van der Waals surface area contributed by atoms with Crippen molar-refractivity contribution in [2.75, 3.05) is 33.1 Å². The van der Waals surface area contributed by atoms with Crippen LogP contribution in [0.1, 0.15) is 25.3 Å². The average molecular weight is 250 g/mol. The van der Waals surface area contributed by atoms with E-state index < -0.39 is 0 Å². The smallest absolute Gasteiger partial charge is 0.408 e. The van der Waals surface area contributed by atoms with Gasteiger partial charge in [0, 0.05) is 28.2 Å². The van der Waals surface area contributed by atoms with Crippen molar-refractivity contribution in [3.63, 3.8) is 0 Å². The molecule has 0 radical (unpaired) electrons. The number of benzene rings is 1. The number of carbonyl (C=O) groups excluding carboxylic acids is 1. The molecule has 1 aromatic rings. The number of ether oxygens (including phenoxy) is 1. The van der Waals surface area contributed by atoms with Crippen molar-refractivity contribution < 1.29 is 9.53 Å². The molecule has 18 heavy (non-hydrogen) atoms. The molecule has 0 atom stereocenters. The normalized spacial score (nSPS) is 10.4. The van der Waals surface area contributed by atoms with Gasteiger partial charge in [0.2, 0.25) is 0 Å². The molecule has 0 heterocycles. The van der Waals surface area contributed by atoms with Crippen LogP contribution in [0.3, 0.4) is 0 Å². The van der Waals surface area contributed by atoms with Crippen LogP contribution in [-0.4, -0.2) is 39.2 Å². The van der Waals surface area contributed by atoms with E-state index in [1.54, 1.807) is 14.1 Å². The number of hydrogen-bond donors (Lipinski definition) is 0. The van der Waals surface area contributed by atoms with Gasteiger partial charge in [0.15, 0.2) is 5.75 Å². The molecule has 0 aliphatic carbocycles. The van der Waals surface area contributed by atoms with Crippen molar-refractivity contribution in [2.24, 2.45) is 0 Å². The molecule has 0 spiro atoms. The Morgan fingerprint density at radius 2 is 1.78 bits per heavy atom. The van der Waals surface area contributed by atoms with Crippen LogP contribution in [-0.2, 0) is 0 Å². The first-order valence-electron chi connectivity index (χ1n) is 6.03. The van der Waals surface area contributed by atoms with Gasteiger partial charge in [-0.15, -0.1) is 0 Å². The zero-order chi connectivity index (χ0) is 13.9. The lowest BCUT2D eigenvalue weighted by atomic mass is 10.0. The van der Waals surface area contributed by atoms with Crippen LogP contribution in [0.15, 0.2) is 18.2 Å². The minimum atomic E-state index is -0.365. The van der Waals surface area contributed by atoms with E-state index in [1.807, 2.05) is 31.1 Å². The standard InChI is InChI=1S/C14H22N2O2/c1-10(2)11-7-8-13(12(9-11)15(3)4)18-14(17)16(5)6/h7-10H,1-6H3. The van der Waals surface area contributed by atoms with Crippen LogP contribution < -0.4 is 9.64 Å². The van der Waals surface area contributed by atoms with Gasteiger partial charge in [-0.2, -0.15) is 0 Å². The second kappa shape index (κ2) is 5.76. The summed E-state index contributed by atoms with van der Waals surface area (Å²) in [6.45, 7) is 4.28. The molecule has 0 unspecified atom stereocenters. The largest absolute Gasteiger partial charge is 0.414 e. The van der Waals surface area contributed by atoms with Gasteiger partial charge in [-0.3, -0.25) is 0 Å². The van der Waals surface area contributed by atoms with E-state index in [0.717, 1.165) is 5.69 Å². The lowest BCUT2D eigenvalue weighted by molar-refractivity contribution is 0.172. The molecule has 0 N–H and O–H groups in total. The third-order valence-electron chi connectivity index (χ3n) is 2.69. The Hall–Kier alpha value is -1.71. The van der Waals surface area contributed by atoms with Crippen molar-refractivity contribution in [1.82, 2.24) is 4.90 Å². The number of hydrogen-bond acceptors (Lipinski definition) is 3. The molecule has 1 amide bonds. The summed E-state index contributed by atoms with van der Waals surface area (Å²) in [6, 6.07) is 5.91. The monoisotopic (exact) mass is 250 g/mol. The first-order chi connectivity index (χ1) is 8.32. The zero-order valence-corrected chi connectivity index (χ0v) is 12.0. The van der Waals surface area contributed by atoms with E-state index in [1.165, 1.54) is 10.5 Å². The fourth-order valence-corrected chi connectivity index (χ4v) is 1.51. The molecule has 1 rings (SSSR count). The molecule has 1 aromatic carbocycles. The van der Waals surface area contributed by atoms with E-state index in [9.17, 15) is 4.79 Å². The lowest BCUT2D eigenvalue weighted by Crippen LogP contribution is -2.26. The van der Waals surface area contributed by atoms with Crippen molar-refractivity contribution in [3.8, 4) is 5.75 Å². The number of rotatable bonds is 3. The second-order valence-electron chi connectivity index (χ2n) is 5.04. The van der Waals surface area contributed by atoms with Gasteiger partial charge in [-0.05, 0) is 23.6 Å². The van der Waals surface area contributed by atoms with Crippen LogP contribution in [0.4, 0.5) is 10.5 Å². The molecule has 0 saturated carbocycles. The molecular formula is C14H22N2O2. The molecule has 0 saturated heterocycles. The summed E-state index contributed by atoms with van der Waals surface area (Å²) < 4.78 is 5.35. The molecule has 4 heteroatoms. The summed E-state index contributed by atoms with van der Waals surface area (Å²) in [4.78, 5) is 15.0. The molecule has 4 nitrogen and oxygen atoms in total. The van der Waals surface area contributed by atoms with Gasteiger partial charge in [-0.1, -0.05) is 19.9 Å². The maximum absolute atomic E-state index is 11.6. The third kappa shape index (κ3) is 3.39. The zero-order valence-electron chi connectivity index (χ0n) is 12.0. The summed E-state index contributed by atoms with van der Waals surface area (Å²) >= 11 is 0. The Morgan fingerprint density at radius 1 is 1.17 bits per heavy atom. The second-order valence-corrected chi connectivity index (χ2v) is 5.04. The lowest BCUT2D eigenvalue weighted by Gasteiger charge is -2.20. The van der Waals surface area contributed by atoms with Crippen LogP contribution in [0.25, 0.3) is 0 Å². The fourth-order valence-electron chi connectivity index (χ4n) is 1.51. The predicted molar refractivity (Wildman–Crippen MR) is 74.6 cm³/mol. The van der Waals surface area contributed by atoms with Crippen LogP contribution in [0, 0.1) is 0 Å². The number of carbonyl (C=O) groups is 1. The highest BCUT2D eigenvalue weighted by atomic mass is 16.6. The van der Waals surface area contributed by atoms with Gasteiger partial charge in [-0.25, -0.2) is 4.79 Å². The summed E-state index contributed by atoms with van der Waals surface area (Å²) in [7, 11) is 7.21. The Morgan fingerprint density at radius 3 is 2.22 bits per heavy atom. The predicted octanol–water partition coefficient (Wildman–Crippen LogP) is 2.94. The minimum Gasteiger partial charge on any atom is -0.408 e. The minimum absolute atomic E-state index is 0.365. The van der Waals surface area contributed by atoms with Crippen molar-refractivity contribution in [3.05, 3.63) is 23.8 Å². The topological polar surface area (TPSA) is 32.8 Å². The number of amides is 1. The molecule has 0 aromatic heterocycles. The summed E-state index contributed by atoms with van der Waals surface area (Å²) in [5.41, 5.74) is 2.14. The van der Waals surface area contributed by atoms with E-state index in [2.05, 4.69) is 19.9 Å². The fraction of sp³-hybridized carbons (Fsp3) is 0.500. The van der Waals surface area contributed by atoms with Crippen molar-refractivity contribution in [2.45, 2.75) is 19.8 Å². The Labute approximate surface area is 109 Å². The highest BCUT2D eigenvalue weighted by Crippen LogP contribution is 2.31. The number of nitrogens with zero attached hydrogens (tertiary/aromatic N) is 2. The molecule has 0 aliphatic rings. The van der Waals surface area contributed by atoms with E-state index in [-0.39, 0.29) is 6.09 Å². The third-order valence-corrected chi connectivity index (χ3v) is 2.69. The molecule has 0 aliphatic heterocycles. The van der Waals surface area contributed by atoms with Gasteiger partial charge >= 0.3 is 6.09 Å². The van der Waals surface area contributed by atoms with Crippen LogP contribution in [0.2, 0.25) is 0 Å². The van der Waals surface area contributed by atoms with Gasteiger partial charge in [0.1, 0.15) is 0 Å². The Kier molecular flexibility index (Phi) is 4.59. The van der Waals surface area contributed by atoms with Crippen LogP contribution in [0.5, 0.6) is 5.75 Å². The van der Waals surface area contributed by atoms with E-state index >= 15 is 0 Å². The van der Waals surface area contributed by atoms with Gasteiger partial charge in [0.25, 0.3) is 0 Å². The maximum atomic E-state index is 11.6. The Bertz CT molecular complexity index is 426. The number of anilines is 1. The quantitative estimate of drug-likeness (QED) is 0.827. The first kappa shape index (κ1) is 14.4. The first-order valence-corrected chi connectivity index (χ1v) is 6.03. The average Bonchev–Trinajstić information content (AvgIpc) is 2.28. The molecule has 0 fully saturated rings. The highest BCUT2D eigenvalue weighted by Gasteiger charge is 2.13. The molecule has 100 valence electrons. The maximum Gasteiger partial charge on any atom is 0.414 e. The van der Waals surface area contributed by atoms with Gasteiger partial charge < -0.3 is 14.5 Å². The van der Waals surface area contributed by atoms with E-state index in [0.29, 0.717) is 11.7 Å². The SMILES string of the molecule is CC(C)c1ccc(OC(=O)N(C)C)c(N(C)C)c1. The summed E-state index contributed by atoms with van der Waals surface area (Å²) in [5, 5.41) is 0. The van der Waals surface area contributed by atoms with E-state index in [4.69, 9.17) is 4.74 Å². The van der Waals surface area contributed by atoms with Crippen LogP contribution >= 0.6 is 0 Å². The Balaban J connectivity index is 3.08. The summed E-state index contributed by atoms with van der Waals surface area (Å²) in [6.07, 6.45) is -0.365. The van der Waals surface area contributed by atoms with Crippen molar-refractivity contribution >= 4 is 11.8 Å².